The number of likely N-dealkylation sites (tertiary alicyclic amines) is 2. The minimum absolute atomic E-state index is 0.454. The van der Waals surface area contributed by atoms with Gasteiger partial charge in [0.1, 0.15) is 5.54 Å². The summed E-state index contributed by atoms with van der Waals surface area (Å²) in [6.45, 7) is 6.95. The van der Waals surface area contributed by atoms with E-state index < -0.39 is 5.54 Å². The van der Waals surface area contributed by atoms with E-state index in [9.17, 15) is 5.26 Å². The molecule has 2 aliphatic heterocycles. The van der Waals surface area contributed by atoms with Gasteiger partial charge in [0.15, 0.2) is 0 Å². The lowest BCUT2D eigenvalue weighted by Gasteiger charge is -2.37. The van der Waals surface area contributed by atoms with E-state index in [1.54, 1.807) is 0 Å². The smallest absolute Gasteiger partial charge is 0.119 e. The van der Waals surface area contributed by atoms with Gasteiger partial charge in [0.2, 0.25) is 0 Å². The predicted octanol–water partition coefficient (Wildman–Crippen LogP) is 1.43. The Bertz CT molecular complexity index is 359. The zero-order valence-electron chi connectivity index (χ0n) is 12.6. The first-order valence-electron chi connectivity index (χ1n) is 8.34. The van der Waals surface area contributed by atoms with Crippen LogP contribution in [0.4, 0.5) is 0 Å². The van der Waals surface area contributed by atoms with Crippen LogP contribution < -0.4 is 5.73 Å². The normalized spacial score (nSPS) is 29.2. The summed E-state index contributed by atoms with van der Waals surface area (Å²) in [7, 11) is 0. The molecular weight excluding hydrogens is 248 g/mol. The van der Waals surface area contributed by atoms with Crippen LogP contribution in [0.25, 0.3) is 0 Å². The molecule has 0 aromatic rings. The van der Waals surface area contributed by atoms with E-state index in [2.05, 4.69) is 15.9 Å². The number of rotatable bonds is 5. The van der Waals surface area contributed by atoms with Gasteiger partial charge < -0.3 is 15.5 Å². The topological polar surface area (TPSA) is 56.3 Å². The van der Waals surface area contributed by atoms with Crippen LogP contribution in [0.1, 0.15) is 38.5 Å². The molecule has 0 radical (unpaired) electrons. The Hall–Kier alpha value is -0.630. The third-order valence-corrected chi connectivity index (χ3v) is 5.42. The van der Waals surface area contributed by atoms with Gasteiger partial charge in [-0.25, -0.2) is 0 Å². The van der Waals surface area contributed by atoms with Gasteiger partial charge in [-0.3, -0.25) is 0 Å². The van der Waals surface area contributed by atoms with Gasteiger partial charge >= 0.3 is 0 Å². The lowest BCUT2D eigenvalue weighted by atomic mass is 9.92. The second kappa shape index (κ2) is 6.01. The third kappa shape index (κ3) is 3.33. The summed E-state index contributed by atoms with van der Waals surface area (Å²) in [5, 5.41) is 9.36. The van der Waals surface area contributed by atoms with Crippen molar-refractivity contribution in [1.29, 1.82) is 5.26 Å². The zero-order valence-corrected chi connectivity index (χ0v) is 12.6. The summed E-state index contributed by atoms with van der Waals surface area (Å²) in [6.07, 6.45) is 7.63. The first-order valence-corrected chi connectivity index (χ1v) is 8.34. The highest BCUT2D eigenvalue weighted by Crippen LogP contribution is 2.38. The summed E-state index contributed by atoms with van der Waals surface area (Å²) in [6, 6.07) is 2.39. The Balaban J connectivity index is 1.42. The van der Waals surface area contributed by atoms with E-state index in [4.69, 9.17) is 5.73 Å². The molecular formula is C16H28N4. The summed E-state index contributed by atoms with van der Waals surface area (Å²) in [5.41, 5.74) is 5.71. The fraction of sp³-hybridized carbons (Fsp3) is 0.938. The molecule has 1 saturated carbocycles. The summed E-state index contributed by atoms with van der Waals surface area (Å²) >= 11 is 0. The van der Waals surface area contributed by atoms with Crippen LogP contribution >= 0.6 is 0 Å². The van der Waals surface area contributed by atoms with Crippen LogP contribution in [0.3, 0.4) is 0 Å². The van der Waals surface area contributed by atoms with Crippen molar-refractivity contribution in [3.05, 3.63) is 0 Å². The molecule has 1 aliphatic carbocycles. The molecule has 2 heterocycles. The highest BCUT2D eigenvalue weighted by atomic mass is 15.2. The fourth-order valence-electron chi connectivity index (χ4n) is 3.88. The van der Waals surface area contributed by atoms with Gasteiger partial charge in [0.25, 0.3) is 0 Å². The van der Waals surface area contributed by atoms with Crippen LogP contribution in [0, 0.1) is 23.2 Å². The molecule has 4 nitrogen and oxygen atoms in total. The van der Waals surface area contributed by atoms with E-state index in [0.29, 0.717) is 5.92 Å². The average molecular weight is 276 g/mol. The molecule has 3 rings (SSSR count). The average Bonchev–Trinajstić information content (AvgIpc) is 3.21. The first kappa shape index (κ1) is 14.3. The number of nitrogens with zero attached hydrogens (tertiary/aromatic N) is 3. The Kier molecular flexibility index (Phi) is 4.30. The van der Waals surface area contributed by atoms with Crippen molar-refractivity contribution >= 4 is 0 Å². The van der Waals surface area contributed by atoms with E-state index in [-0.39, 0.29) is 0 Å². The highest BCUT2D eigenvalue weighted by molar-refractivity contribution is 5.14. The lowest BCUT2D eigenvalue weighted by molar-refractivity contribution is 0.135. The van der Waals surface area contributed by atoms with Crippen LogP contribution in [0.15, 0.2) is 0 Å². The van der Waals surface area contributed by atoms with Crippen molar-refractivity contribution in [2.75, 3.05) is 39.3 Å². The predicted molar refractivity (Wildman–Crippen MR) is 80.1 cm³/mol. The summed E-state index contributed by atoms with van der Waals surface area (Å²) < 4.78 is 0. The zero-order chi connectivity index (χ0) is 14.0. The molecule has 20 heavy (non-hydrogen) atoms. The minimum Gasteiger partial charge on any atom is -0.312 e. The first-order chi connectivity index (χ1) is 9.69. The fourth-order valence-corrected chi connectivity index (χ4v) is 3.88. The SMILES string of the molecule is N#CC(N)(CN1CCC(CN2CCCC2)CC1)C1CC1. The van der Waals surface area contributed by atoms with Gasteiger partial charge in [-0.2, -0.15) is 5.26 Å². The van der Waals surface area contributed by atoms with E-state index >= 15 is 0 Å². The maximum Gasteiger partial charge on any atom is 0.119 e. The van der Waals surface area contributed by atoms with Gasteiger partial charge in [-0.15, -0.1) is 0 Å². The van der Waals surface area contributed by atoms with Crippen LogP contribution in [0.5, 0.6) is 0 Å². The van der Waals surface area contributed by atoms with Gasteiger partial charge in [0, 0.05) is 13.1 Å². The number of hydrogen-bond acceptors (Lipinski definition) is 4. The highest BCUT2D eigenvalue weighted by Gasteiger charge is 2.44. The molecule has 2 N–H and O–H groups in total. The molecule has 2 saturated heterocycles. The number of nitrogens with two attached hydrogens (primary N) is 1. The minimum atomic E-state index is -0.582. The summed E-state index contributed by atoms with van der Waals surface area (Å²) in [5.74, 6) is 1.31. The molecule has 0 spiro atoms. The Morgan fingerprint density at radius 2 is 1.65 bits per heavy atom. The second-order valence-electron chi connectivity index (χ2n) is 7.15. The van der Waals surface area contributed by atoms with Gasteiger partial charge in [-0.1, -0.05) is 0 Å². The quantitative estimate of drug-likeness (QED) is 0.825. The van der Waals surface area contributed by atoms with Crippen molar-refractivity contribution in [3.8, 4) is 6.07 Å². The second-order valence-corrected chi connectivity index (χ2v) is 7.15. The molecule has 3 aliphatic rings. The van der Waals surface area contributed by atoms with Gasteiger partial charge in [-0.05, 0) is 76.5 Å². The van der Waals surface area contributed by atoms with Crippen LogP contribution in [-0.2, 0) is 0 Å². The van der Waals surface area contributed by atoms with E-state index in [0.717, 1.165) is 38.4 Å². The molecule has 0 bridgehead atoms. The standard InChI is InChI=1S/C16H28N4/c17-12-16(18,15-3-4-15)13-20-9-5-14(6-10-20)11-19-7-1-2-8-19/h14-15H,1-11,13,18H2. The summed E-state index contributed by atoms with van der Waals surface area (Å²) in [4.78, 5) is 5.06. The monoisotopic (exact) mass is 276 g/mol. The Morgan fingerprint density at radius 1 is 1.00 bits per heavy atom. The number of nitriles is 1. The molecule has 3 fully saturated rings. The molecule has 1 atom stereocenters. The van der Waals surface area contributed by atoms with Crippen LogP contribution in [0.2, 0.25) is 0 Å². The molecule has 0 aromatic heterocycles. The molecule has 112 valence electrons. The van der Waals surface area contributed by atoms with Crippen molar-refractivity contribution in [3.63, 3.8) is 0 Å². The third-order valence-electron chi connectivity index (χ3n) is 5.42. The van der Waals surface area contributed by atoms with E-state index in [1.165, 1.54) is 45.3 Å². The van der Waals surface area contributed by atoms with Crippen molar-refractivity contribution in [2.45, 2.75) is 44.1 Å². The molecule has 4 heteroatoms. The largest absolute Gasteiger partial charge is 0.312 e. The molecule has 0 amide bonds. The lowest BCUT2D eigenvalue weighted by Crippen LogP contribution is -2.53. The number of piperidine rings is 1. The molecule has 0 aromatic carbocycles. The van der Waals surface area contributed by atoms with Crippen molar-refractivity contribution < 1.29 is 0 Å². The van der Waals surface area contributed by atoms with Crippen molar-refractivity contribution in [2.24, 2.45) is 17.6 Å². The maximum absolute atomic E-state index is 9.36. The van der Waals surface area contributed by atoms with E-state index in [1.807, 2.05) is 0 Å². The van der Waals surface area contributed by atoms with Crippen LogP contribution in [-0.4, -0.2) is 54.6 Å². The maximum atomic E-state index is 9.36. The molecule has 1 unspecified atom stereocenters. The Morgan fingerprint density at radius 3 is 2.20 bits per heavy atom. The van der Waals surface area contributed by atoms with Crippen molar-refractivity contribution in [1.82, 2.24) is 9.80 Å². The number of hydrogen-bond donors (Lipinski definition) is 1. The Labute approximate surface area is 122 Å². The van der Waals surface area contributed by atoms with Gasteiger partial charge in [0.05, 0.1) is 6.07 Å².